The first-order chi connectivity index (χ1) is 11.2. The van der Waals surface area contributed by atoms with Gasteiger partial charge in [-0.15, -0.1) is 0 Å². The molecule has 0 radical (unpaired) electrons. The van der Waals surface area contributed by atoms with Crippen LogP contribution in [-0.2, 0) is 11.2 Å². The van der Waals surface area contributed by atoms with E-state index in [1.54, 1.807) is 0 Å². The molecule has 3 rings (SSSR count). The molecule has 3 heteroatoms. The van der Waals surface area contributed by atoms with Gasteiger partial charge < -0.3 is 10.2 Å². The van der Waals surface area contributed by atoms with Crippen molar-refractivity contribution in [2.75, 3.05) is 24.3 Å². The molecule has 0 spiro atoms. The Bertz CT molecular complexity index is 823. The molecule has 0 heterocycles. The van der Waals surface area contributed by atoms with Crippen LogP contribution >= 0.6 is 0 Å². The minimum Gasteiger partial charge on any atom is -0.378 e. The first-order valence-corrected chi connectivity index (χ1v) is 7.66. The van der Waals surface area contributed by atoms with E-state index in [4.69, 9.17) is 0 Å². The Balaban J connectivity index is 2.03. The van der Waals surface area contributed by atoms with Gasteiger partial charge in [-0.25, -0.2) is 0 Å². The number of rotatable bonds is 5. The maximum absolute atomic E-state index is 10.9. The van der Waals surface area contributed by atoms with E-state index in [1.807, 2.05) is 38.4 Å². The van der Waals surface area contributed by atoms with Crippen LogP contribution in [0, 0.1) is 0 Å². The van der Waals surface area contributed by atoms with Gasteiger partial charge in [-0.2, -0.15) is 0 Å². The van der Waals surface area contributed by atoms with Crippen molar-refractivity contribution < 1.29 is 4.79 Å². The monoisotopic (exact) mass is 304 g/mol. The highest BCUT2D eigenvalue weighted by atomic mass is 16.1. The van der Waals surface area contributed by atoms with Crippen LogP contribution in [0.3, 0.4) is 0 Å². The Morgan fingerprint density at radius 1 is 0.957 bits per heavy atom. The molecular weight excluding hydrogens is 284 g/mol. The molecular formula is C20H20N2O. The Morgan fingerprint density at radius 2 is 1.70 bits per heavy atom. The number of nitrogens with one attached hydrogen (secondary N) is 1. The Morgan fingerprint density at radius 3 is 2.39 bits per heavy atom. The average molecular weight is 304 g/mol. The van der Waals surface area contributed by atoms with Crippen LogP contribution in [0.25, 0.3) is 10.8 Å². The largest absolute Gasteiger partial charge is 0.378 e. The quantitative estimate of drug-likeness (QED) is 0.721. The zero-order valence-corrected chi connectivity index (χ0v) is 13.4. The van der Waals surface area contributed by atoms with E-state index >= 15 is 0 Å². The predicted molar refractivity (Wildman–Crippen MR) is 97.2 cm³/mol. The van der Waals surface area contributed by atoms with Crippen LogP contribution < -0.4 is 10.2 Å². The molecule has 116 valence electrons. The first kappa shape index (κ1) is 15.1. The fourth-order valence-electron chi connectivity index (χ4n) is 2.84. The zero-order chi connectivity index (χ0) is 16.2. The second kappa shape index (κ2) is 6.53. The molecule has 0 aliphatic rings. The van der Waals surface area contributed by atoms with Crippen molar-refractivity contribution >= 4 is 28.6 Å². The topological polar surface area (TPSA) is 32.3 Å². The summed E-state index contributed by atoms with van der Waals surface area (Å²) in [5, 5.41) is 5.19. The maximum Gasteiger partial charge on any atom is 0.211 e. The van der Waals surface area contributed by atoms with Gasteiger partial charge in [0.25, 0.3) is 0 Å². The Kier molecular flexibility index (Phi) is 4.29. The maximum atomic E-state index is 10.9. The smallest absolute Gasteiger partial charge is 0.211 e. The number of fused-ring (bicyclic) bond motifs is 1. The lowest BCUT2D eigenvalue weighted by atomic mass is 9.96. The molecule has 3 aromatic carbocycles. The molecule has 3 aromatic rings. The van der Waals surface area contributed by atoms with E-state index in [0.29, 0.717) is 0 Å². The van der Waals surface area contributed by atoms with Gasteiger partial charge in [0.15, 0.2) is 0 Å². The van der Waals surface area contributed by atoms with Crippen molar-refractivity contribution in [2.24, 2.45) is 0 Å². The summed E-state index contributed by atoms with van der Waals surface area (Å²) < 4.78 is 0. The van der Waals surface area contributed by atoms with E-state index in [-0.39, 0.29) is 0 Å². The van der Waals surface area contributed by atoms with Crippen LogP contribution in [0.2, 0.25) is 0 Å². The highest BCUT2D eigenvalue weighted by Gasteiger charge is 2.08. The highest BCUT2D eigenvalue weighted by Crippen LogP contribution is 2.28. The van der Waals surface area contributed by atoms with Crippen LogP contribution in [0.15, 0.2) is 60.7 Å². The number of hydrogen-bond acceptors (Lipinski definition) is 2. The van der Waals surface area contributed by atoms with Gasteiger partial charge >= 0.3 is 0 Å². The molecule has 0 atom stereocenters. The number of carbonyl (C=O) groups is 1. The van der Waals surface area contributed by atoms with Crippen LogP contribution in [0.1, 0.15) is 11.1 Å². The number of nitrogens with zero attached hydrogens (tertiary/aromatic N) is 1. The second-order valence-corrected chi connectivity index (χ2v) is 5.81. The summed E-state index contributed by atoms with van der Waals surface area (Å²) in [5.74, 6) is 0. The fourth-order valence-corrected chi connectivity index (χ4v) is 2.84. The Hall–Kier alpha value is -2.81. The molecule has 0 fully saturated rings. The third-order valence-corrected chi connectivity index (χ3v) is 4.09. The standard InChI is InChI=1S/C20H20N2O/c1-22(2)17-10-7-15(8-11-17)13-19-18-6-4-3-5-16(18)9-12-20(19)21-14-23/h3-12,14H,13H2,1-2H3,(H,21,23). The molecule has 0 saturated carbocycles. The van der Waals surface area contributed by atoms with Gasteiger partial charge in [0, 0.05) is 31.9 Å². The van der Waals surface area contributed by atoms with Crippen molar-refractivity contribution in [3.8, 4) is 0 Å². The van der Waals surface area contributed by atoms with Gasteiger partial charge in [0.1, 0.15) is 0 Å². The van der Waals surface area contributed by atoms with Crippen LogP contribution in [0.4, 0.5) is 11.4 Å². The lowest BCUT2D eigenvalue weighted by molar-refractivity contribution is -0.105. The first-order valence-electron chi connectivity index (χ1n) is 7.66. The van der Waals surface area contributed by atoms with Crippen LogP contribution in [-0.4, -0.2) is 20.5 Å². The van der Waals surface area contributed by atoms with Crippen LogP contribution in [0.5, 0.6) is 0 Å². The van der Waals surface area contributed by atoms with Gasteiger partial charge in [-0.05, 0) is 40.1 Å². The van der Waals surface area contributed by atoms with Crippen molar-refractivity contribution in [1.29, 1.82) is 0 Å². The SMILES string of the molecule is CN(C)c1ccc(Cc2c(NC=O)ccc3ccccc23)cc1. The van der Waals surface area contributed by atoms with E-state index in [9.17, 15) is 4.79 Å². The molecule has 0 saturated heterocycles. The summed E-state index contributed by atoms with van der Waals surface area (Å²) >= 11 is 0. The van der Waals surface area contributed by atoms with Crippen molar-refractivity contribution in [1.82, 2.24) is 0 Å². The van der Waals surface area contributed by atoms with Gasteiger partial charge in [-0.3, -0.25) is 4.79 Å². The molecule has 0 bridgehead atoms. The van der Waals surface area contributed by atoms with Gasteiger partial charge in [0.05, 0.1) is 0 Å². The van der Waals surface area contributed by atoms with Gasteiger partial charge in [-0.1, -0.05) is 42.5 Å². The van der Waals surface area contributed by atoms with Crippen molar-refractivity contribution in [3.63, 3.8) is 0 Å². The number of anilines is 2. The normalized spacial score (nSPS) is 10.5. The summed E-state index contributed by atoms with van der Waals surface area (Å²) in [6, 6.07) is 20.8. The highest BCUT2D eigenvalue weighted by molar-refractivity contribution is 5.92. The molecule has 1 amide bonds. The zero-order valence-electron chi connectivity index (χ0n) is 13.4. The Labute approximate surface area is 136 Å². The summed E-state index contributed by atoms with van der Waals surface area (Å²) in [6.07, 6.45) is 1.52. The van der Waals surface area contributed by atoms with Crippen molar-refractivity contribution in [2.45, 2.75) is 6.42 Å². The lowest BCUT2D eigenvalue weighted by Gasteiger charge is -2.15. The summed E-state index contributed by atoms with van der Waals surface area (Å²) in [6.45, 7) is 0. The molecule has 0 aliphatic carbocycles. The molecule has 0 aliphatic heterocycles. The third kappa shape index (κ3) is 3.19. The summed E-state index contributed by atoms with van der Waals surface area (Å²) in [5.41, 5.74) is 4.42. The average Bonchev–Trinajstić information content (AvgIpc) is 2.57. The number of amides is 1. The molecule has 23 heavy (non-hydrogen) atoms. The molecule has 0 aromatic heterocycles. The van der Waals surface area contributed by atoms with Crippen molar-refractivity contribution in [3.05, 3.63) is 71.8 Å². The van der Waals surface area contributed by atoms with E-state index in [1.165, 1.54) is 22.0 Å². The molecule has 0 unspecified atom stereocenters. The number of hydrogen-bond donors (Lipinski definition) is 1. The predicted octanol–water partition coefficient (Wildman–Crippen LogP) is 4.06. The van der Waals surface area contributed by atoms with E-state index in [0.717, 1.165) is 24.1 Å². The summed E-state index contributed by atoms with van der Waals surface area (Å²) in [7, 11) is 4.07. The summed E-state index contributed by atoms with van der Waals surface area (Å²) in [4.78, 5) is 13.0. The second-order valence-electron chi connectivity index (χ2n) is 5.81. The molecule has 3 nitrogen and oxygen atoms in total. The van der Waals surface area contributed by atoms with Gasteiger partial charge in [0.2, 0.25) is 6.41 Å². The molecule has 1 N–H and O–H groups in total. The number of carbonyl (C=O) groups excluding carboxylic acids is 1. The minimum atomic E-state index is 0.739. The third-order valence-electron chi connectivity index (χ3n) is 4.09. The van der Waals surface area contributed by atoms with E-state index < -0.39 is 0 Å². The minimum absolute atomic E-state index is 0.739. The van der Waals surface area contributed by atoms with E-state index in [2.05, 4.69) is 46.6 Å². The number of benzene rings is 3. The fraction of sp³-hybridized carbons (Fsp3) is 0.150. The lowest BCUT2D eigenvalue weighted by Crippen LogP contribution is -2.08.